The molecule has 0 unspecified atom stereocenters. The van der Waals surface area contributed by atoms with E-state index in [-0.39, 0.29) is 42.5 Å². The fraction of sp³-hybridized carbons (Fsp3) is 0.152. The average molecular weight is 1190 g/mol. The summed E-state index contributed by atoms with van der Waals surface area (Å²) in [6, 6.07) is 15.5. The van der Waals surface area contributed by atoms with E-state index in [0.717, 1.165) is 38.1 Å². The first-order valence-electron chi connectivity index (χ1n) is 21.8. The van der Waals surface area contributed by atoms with Crippen LogP contribution in [0.5, 0.6) is 23.5 Å². The average Bonchev–Trinajstić information content (AvgIpc) is 4.20. The van der Waals surface area contributed by atoms with Gasteiger partial charge in [0.1, 0.15) is 48.9 Å². The maximum atomic E-state index is 13.9. The van der Waals surface area contributed by atoms with E-state index in [1.807, 2.05) is 17.7 Å². The standard InChI is InChI=1S/C16H11F3N4O4S.C16H14F3N3O4S.C14H10F4N4O2S/c1-26-15-12(5-10(17)14(22-15)27-16(18)19)23-28(24,25)13-7-21-11-4-8(6-20)2-3-9(11)13;1-8-3-4-9-11(5-8)20-7-13(9)27(23,24)22-12-6-10(17)14(26-16(18)19)21-15(12)25-2;1-6-8(15)4-10(13(18)20-6)22-25(23,24)11-5-19-14-7(11)2-3-9(21-14)12(16)17/h2-5,7,16,21,23H,1H3;3-7,16,20,22H,1-2H3;2-5,12,22H,1H3,(H,19,21). The van der Waals surface area contributed by atoms with E-state index >= 15 is 0 Å². The van der Waals surface area contributed by atoms with Gasteiger partial charge in [0.2, 0.25) is 17.7 Å². The molecule has 2 aromatic carbocycles. The molecule has 7 heterocycles. The summed E-state index contributed by atoms with van der Waals surface area (Å²) in [7, 11) is -10.5. The van der Waals surface area contributed by atoms with Gasteiger partial charge in [0, 0.05) is 64.0 Å². The number of nitrogens with zero attached hydrogens (tertiary/aromatic N) is 5. The molecule has 6 N–H and O–H groups in total. The molecular weight excluding hydrogens is 1150 g/mol. The molecular formula is C46H35F10N11O10S3. The number of pyridine rings is 4. The number of aromatic amines is 3. The number of H-pyrrole nitrogens is 3. The molecule has 0 aliphatic heterocycles. The lowest BCUT2D eigenvalue weighted by molar-refractivity contribution is -0.0562. The second-order valence-corrected chi connectivity index (χ2v) is 20.9. The van der Waals surface area contributed by atoms with E-state index in [1.54, 1.807) is 18.2 Å². The summed E-state index contributed by atoms with van der Waals surface area (Å²) in [6.07, 6.45) is 0.683. The number of halogens is 10. The van der Waals surface area contributed by atoms with Crippen LogP contribution >= 0.6 is 0 Å². The first-order chi connectivity index (χ1) is 37.6. The van der Waals surface area contributed by atoms with Crippen molar-refractivity contribution in [1.29, 1.82) is 5.26 Å². The fourth-order valence-corrected chi connectivity index (χ4v) is 10.8. The number of aryl methyl sites for hydroxylation is 2. The Labute approximate surface area is 444 Å². The quantitative estimate of drug-likeness (QED) is 0.0387. The topological polar surface area (TPSA) is 298 Å². The van der Waals surface area contributed by atoms with Gasteiger partial charge in [-0.2, -0.15) is 37.2 Å². The van der Waals surface area contributed by atoms with E-state index in [4.69, 9.17) is 14.7 Å². The summed E-state index contributed by atoms with van der Waals surface area (Å²) in [5.74, 6) is -7.60. The maximum absolute atomic E-state index is 13.9. The van der Waals surface area contributed by atoms with Crippen LogP contribution in [0.2, 0.25) is 0 Å². The highest BCUT2D eigenvalue weighted by Gasteiger charge is 2.27. The van der Waals surface area contributed by atoms with Crippen molar-refractivity contribution in [3.05, 3.63) is 131 Å². The largest absolute Gasteiger partial charge is 0.479 e. The molecule has 80 heavy (non-hydrogen) atoms. The number of nitrogens with one attached hydrogen (secondary N) is 6. The minimum Gasteiger partial charge on any atom is -0.479 e. The molecule has 0 amide bonds. The highest BCUT2D eigenvalue weighted by molar-refractivity contribution is 7.93. The summed E-state index contributed by atoms with van der Waals surface area (Å²) in [5, 5.41) is 9.65. The second kappa shape index (κ2) is 23.5. The Morgan fingerprint density at radius 2 is 0.988 bits per heavy atom. The van der Waals surface area contributed by atoms with Crippen LogP contribution in [0.1, 0.15) is 28.9 Å². The molecule has 0 fully saturated rings. The SMILES string of the molecule is COc1nc(OC(F)F)c(F)cc1NS(=O)(=O)c1c[nH]c2cc(C#N)ccc12.COc1nc(OC(F)F)c(F)cc1NS(=O)(=O)c1c[nH]c2cc(C)ccc12.Cc1nc(F)c(NS(=O)(=O)c2c[nH]c3nc(C(F)F)ccc23)cc1F. The van der Waals surface area contributed by atoms with Crippen molar-refractivity contribution in [2.24, 2.45) is 0 Å². The fourth-order valence-electron chi connectivity index (χ4n) is 7.09. The van der Waals surface area contributed by atoms with Gasteiger partial charge in [-0.3, -0.25) is 14.2 Å². The third-order valence-corrected chi connectivity index (χ3v) is 14.8. The Bertz CT molecular complexity index is 4200. The van der Waals surface area contributed by atoms with Crippen molar-refractivity contribution in [3.63, 3.8) is 0 Å². The zero-order valence-corrected chi connectivity index (χ0v) is 43.1. The van der Waals surface area contributed by atoms with Gasteiger partial charge in [-0.05, 0) is 49.7 Å². The first kappa shape index (κ1) is 58.6. The van der Waals surface area contributed by atoms with Gasteiger partial charge < -0.3 is 33.9 Å². The van der Waals surface area contributed by atoms with Crippen molar-refractivity contribution < 1.29 is 88.1 Å². The molecule has 422 valence electrons. The number of nitriles is 1. The molecule has 0 saturated carbocycles. The highest BCUT2D eigenvalue weighted by Crippen LogP contribution is 2.35. The van der Waals surface area contributed by atoms with Crippen LogP contribution < -0.4 is 33.1 Å². The Balaban J connectivity index is 0.000000174. The number of ether oxygens (including phenoxy) is 4. The zero-order chi connectivity index (χ0) is 58.6. The predicted octanol–water partition coefficient (Wildman–Crippen LogP) is 9.69. The normalized spacial score (nSPS) is 11.8. The van der Waals surface area contributed by atoms with Crippen LogP contribution in [0.25, 0.3) is 32.8 Å². The molecule has 0 bridgehead atoms. The van der Waals surface area contributed by atoms with Crippen molar-refractivity contribution >= 4 is 80.0 Å². The predicted molar refractivity (Wildman–Crippen MR) is 263 cm³/mol. The minimum absolute atomic E-state index is 0.0258. The van der Waals surface area contributed by atoms with Crippen LogP contribution in [0, 0.1) is 48.6 Å². The third kappa shape index (κ3) is 13.1. The molecule has 0 atom stereocenters. The summed E-state index contributed by atoms with van der Waals surface area (Å²) in [4.78, 5) is 21.2. The Morgan fingerprint density at radius 1 is 0.537 bits per heavy atom. The van der Waals surface area contributed by atoms with Gasteiger partial charge in [-0.15, -0.1) is 0 Å². The van der Waals surface area contributed by atoms with Gasteiger partial charge in [-0.25, -0.2) is 57.2 Å². The lowest BCUT2D eigenvalue weighted by Crippen LogP contribution is -2.15. The first-order valence-corrected chi connectivity index (χ1v) is 26.2. The van der Waals surface area contributed by atoms with E-state index in [1.165, 1.54) is 37.5 Å². The van der Waals surface area contributed by atoms with Crippen LogP contribution in [-0.4, -0.2) is 87.6 Å². The highest BCUT2D eigenvalue weighted by atomic mass is 32.2. The lowest BCUT2D eigenvalue weighted by atomic mass is 10.2. The Morgan fingerprint density at radius 3 is 1.48 bits per heavy atom. The van der Waals surface area contributed by atoms with Gasteiger partial charge >= 0.3 is 13.2 Å². The van der Waals surface area contributed by atoms with Gasteiger partial charge in [0.15, 0.2) is 11.6 Å². The van der Waals surface area contributed by atoms with Crippen molar-refractivity contribution in [1.82, 2.24) is 34.9 Å². The number of alkyl halides is 6. The van der Waals surface area contributed by atoms with Crippen molar-refractivity contribution in [3.8, 4) is 29.6 Å². The number of hydrogen-bond acceptors (Lipinski definition) is 15. The summed E-state index contributed by atoms with van der Waals surface area (Å²) < 4.78 is 229. The van der Waals surface area contributed by atoms with Crippen LogP contribution in [0.3, 0.4) is 0 Å². The zero-order valence-electron chi connectivity index (χ0n) is 40.6. The number of hydrogen-bond donors (Lipinski definition) is 6. The van der Waals surface area contributed by atoms with Gasteiger partial charge in [0.05, 0.1) is 31.5 Å². The van der Waals surface area contributed by atoms with Crippen LogP contribution in [0.4, 0.5) is 61.0 Å². The monoisotopic (exact) mass is 1190 g/mol. The number of benzene rings is 2. The molecule has 9 aromatic rings. The Kier molecular flexibility index (Phi) is 17.2. The van der Waals surface area contributed by atoms with Crippen LogP contribution in [-0.2, 0) is 30.1 Å². The summed E-state index contributed by atoms with van der Waals surface area (Å²) in [5.41, 5.74) is -0.0103. The van der Waals surface area contributed by atoms with E-state index in [9.17, 15) is 69.2 Å². The maximum Gasteiger partial charge on any atom is 0.388 e. The smallest absolute Gasteiger partial charge is 0.388 e. The number of rotatable bonds is 16. The molecule has 0 saturated heterocycles. The molecule has 7 aromatic heterocycles. The number of fused-ring (bicyclic) bond motifs is 3. The van der Waals surface area contributed by atoms with Crippen molar-refractivity contribution in [2.75, 3.05) is 28.4 Å². The molecule has 0 aliphatic carbocycles. The van der Waals surface area contributed by atoms with E-state index in [2.05, 4.69) is 53.8 Å². The van der Waals surface area contributed by atoms with E-state index < -0.39 is 114 Å². The second-order valence-electron chi connectivity index (χ2n) is 15.9. The van der Waals surface area contributed by atoms with Crippen molar-refractivity contribution in [2.45, 2.75) is 48.2 Å². The molecule has 0 spiro atoms. The number of methoxy groups -OCH3 is 2. The molecule has 0 radical (unpaired) electrons. The molecule has 0 aliphatic rings. The van der Waals surface area contributed by atoms with Gasteiger partial charge in [-0.1, -0.05) is 18.2 Å². The summed E-state index contributed by atoms with van der Waals surface area (Å²) >= 11 is 0. The van der Waals surface area contributed by atoms with Crippen LogP contribution in [0.15, 0.2) is 100 Å². The van der Waals surface area contributed by atoms with E-state index in [0.29, 0.717) is 40.2 Å². The van der Waals surface area contributed by atoms with Gasteiger partial charge in [0.25, 0.3) is 48.3 Å². The Hall–Kier alpha value is -9.10. The minimum atomic E-state index is -4.34. The number of aromatic nitrogens is 7. The third-order valence-electron chi connectivity index (χ3n) is 10.6. The molecule has 9 rings (SSSR count). The number of anilines is 3. The number of sulfonamides is 3. The molecule has 21 nitrogen and oxygen atoms in total. The summed E-state index contributed by atoms with van der Waals surface area (Å²) in [6.45, 7) is -3.54. The lowest BCUT2D eigenvalue weighted by Gasteiger charge is -2.13. The molecule has 34 heteroatoms.